The van der Waals surface area contributed by atoms with Gasteiger partial charge < -0.3 is 5.32 Å². The lowest BCUT2D eigenvalue weighted by Crippen LogP contribution is -2.39. The molecule has 0 radical (unpaired) electrons. The molecule has 3 aliphatic rings. The summed E-state index contributed by atoms with van der Waals surface area (Å²) in [6.45, 7) is 8.05. The van der Waals surface area contributed by atoms with Crippen molar-refractivity contribution < 1.29 is 9.59 Å². The summed E-state index contributed by atoms with van der Waals surface area (Å²) < 4.78 is 0. The molecule has 1 aromatic carbocycles. The van der Waals surface area contributed by atoms with E-state index in [1.54, 1.807) is 0 Å². The van der Waals surface area contributed by atoms with E-state index >= 15 is 0 Å². The van der Waals surface area contributed by atoms with Crippen LogP contribution in [0.1, 0.15) is 76.8 Å². The third-order valence-corrected chi connectivity index (χ3v) is 6.73. The van der Waals surface area contributed by atoms with E-state index in [2.05, 4.69) is 42.6 Å². The number of carbonyl (C=O) groups is 2. The molecule has 0 spiro atoms. The quantitative estimate of drug-likeness (QED) is 0.621. The molecule has 3 heteroatoms. The molecular weight excluding hydrogens is 370 g/mol. The summed E-state index contributed by atoms with van der Waals surface area (Å²) >= 11 is 0. The number of rotatable bonds is 5. The first kappa shape index (κ1) is 22.5. The third-order valence-electron chi connectivity index (χ3n) is 6.73. The highest BCUT2D eigenvalue weighted by atomic mass is 16.2. The predicted molar refractivity (Wildman–Crippen MR) is 123 cm³/mol. The lowest BCUT2D eigenvalue weighted by molar-refractivity contribution is -0.131. The van der Waals surface area contributed by atoms with E-state index in [0.717, 1.165) is 24.0 Å². The van der Waals surface area contributed by atoms with Gasteiger partial charge in [0.25, 0.3) is 0 Å². The van der Waals surface area contributed by atoms with Gasteiger partial charge in [0.2, 0.25) is 0 Å². The van der Waals surface area contributed by atoms with Gasteiger partial charge in [-0.1, -0.05) is 75.1 Å². The standard InChI is InChI=1S/C25H31NO2.C2H6/c1-3-20-23(27)15-18-12-13-22(26-19-6-4-5-7-19)21(24(18)25(20)28)14-17-10-8-16(2)9-11-17;1-2/h8-11,13,19-21,26H,3-7,12,14-15H2,1-2H3;1-2H3. The summed E-state index contributed by atoms with van der Waals surface area (Å²) in [5, 5.41) is 3.79. The molecule has 1 fully saturated rings. The first-order valence-electron chi connectivity index (χ1n) is 11.9. The maximum absolute atomic E-state index is 13.3. The van der Waals surface area contributed by atoms with Crippen LogP contribution < -0.4 is 5.32 Å². The molecule has 162 valence electrons. The van der Waals surface area contributed by atoms with Gasteiger partial charge in [0.1, 0.15) is 5.78 Å². The Morgan fingerprint density at radius 1 is 1.00 bits per heavy atom. The van der Waals surface area contributed by atoms with Crippen LogP contribution in [-0.2, 0) is 16.0 Å². The second-order valence-corrected chi connectivity index (χ2v) is 8.72. The zero-order valence-electron chi connectivity index (χ0n) is 19.1. The van der Waals surface area contributed by atoms with Crippen molar-refractivity contribution in [3.05, 3.63) is 58.3 Å². The van der Waals surface area contributed by atoms with Gasteiger partial charge in [-0.3, -0.25) is 9.59 Å². The monoisotopic (exact) mass is 407 g/mol. The van der Waals surface area contributed by atoms with Crippen molar-refractivity contribution in [1.82, 2.24) is 5.32 Å². The van der Waals surface area contributed by atoms with Gasteiger partial charge in [-0.05, 0) is 44.6 Å². The highest BCUT2D eigenvalue weighted by Crippen LogP contribution is 2.40. The predicted octanol–water partition coefficient (Wildman–Crippen LogP) is 5.86. The molecule has 2 unspecified atom stereocenters. The molecule has 0 bridgehead atoms. The van der Waals surface area contributed by atoms with Crippen LogP contribution in [0.4, 0.5) is 0 Å². The van der Waals surface area contributed by atoms with Crippen molar-refractivity contribution >= 4 is 11.6 Å². The molecule has 1 saturated carbocycles. The molecule has 30 heavy (non-hydrogen) atoms. The van der Waals surface area contributed by atoms with E-state index in [0.29, 0.717) is 18.9 Å². The minimum atomic E-state index is -0.440. The molecule has 0 amide bonds. The lowest BCUT2D eigenvalue weighted by Gasteiger charge is -2.35. The Labute approximate surface area is 182 Å². The molecule has 0 saturated heterocycles. The van der Waals surface area contributed by atoms with E-state index < -0.39 is 5.92 Å². The number of allylic oxidation sites excluding steroid dienone is 3. The van der Waals surface area contributed by atoms with Crippen LogP contribution in [0.5, 0.6) is 0 Å². The average Bonchev–Trinajstić information content (AvgIpc) is 3.26. The molecule has 1 aromatic rings. The van der Waals surface area contributed by atoms with Crippen molar-refractivity contribution in [2.24, 2.45) is 11.8 Å². The van der Waals surface area contributed by atoms with Crippen LogP contribution in [0.15, 0.2) is 47.2 Å². The molecule has 4 rings (SSSR count). The first-order chi connectivity index (χ1) is 14.6. The third kappa shape index (κ3) is 4.77. The Morgan fingerprint density at radius 3 is 2.30 bits per heavy atom. The van der Waals surface area contributed by atoms with Gasteiger partial charge in [0.15, 0.2) is 5.78 Å². The molecule has 0 aromatic heterocycles. The smallest absolute Gasteiger partial charge is 0.169 e. The van der Waals surface area contributed by atoms with Crippen LogP contribution in [0.25, 0.3) is 0 Å². The van der Waals surface area contributed by atoms with Crippen molar-refractivity contribution in [1.29, 1.82) is 0 Å². The molecule has 2 atom stereocenters. The van der Waals surface area contributed by atoms with Gasteiger partial charge in [0, 0.05) is 29.7 Å². The molecule has 1 N–H and O–H groups in total. The van der Waals surface area contributed by atoms with Gasteiger partial charge >= 0.3 is 0 Å². The van der Waals surface area contributed by atoms with Gasteiger partial charge in [0.05, 0.1) is 5.92 Å². The van der Waals surface area contributed by atoms with Crippen LogP contribution in [0.3, 0.4) is 0 Å². The number of benzene rings is 1. The Bertz CT molecular complexity index is 825. The summed E-state index contributed by atoms with van der Waals surface area (Å²) in [6, 6.07) is 9.15. The highest BCUT2D eigenvalue weighted by Gasteiger charge is 2.40. The van der Waals surface area contributed by atoms with Crippen LogP contribution in [0.2, 0.25) is 0 Å². The van der Waals surface area contributed by atoms with Crippen LogP contribution in [0, 0.1) is 18.8 Å². The van der Waals surface area contributed by atoms with Gasteiger partial charge in [-0.2, -0.15) is 0 Å². The van der Waals surface area contributed by atoms with E-state index in [4.69, 9.17) is 0 Å². The largest absolute Gasteiger partial charge is 0.385 e. The zero-order valence-corrected chi connectivity index (χ0v) is 19.1. The molecule has 3 nitrogen and oxygen atoms in total. The number of hydrogen-bond donors (Lipinski definition) is 1. The number of carbonyl (C=O) groups excluding carboxylic acids is 2. The first-order valence-corrected chi connectivity index (χ1v) is 11.9. The Morgan fingerprint density at radius 2 is 1.67 bits per heavy atom. The van der Waals surface area contributed by atoms with Gasteiger partial charge in [-0.25, -0.2) is 0 Å². The number of nitrogens with one attached hydrogen (secondary N) is 1. The zero-order chi connectivity index (χ0) is 21.7. The summed E-state index contributed by atoms with van der Waals surface area (Å²) in [5.41, 5.74) is 5.71. The number of ketones is 2. The maximum atomic E-state index is 13.3. The fourth-order valence-corrected chi connectivity index (χ4v) is 5.12. The lowest BCUT2D eigenvalue weighted by atomic mass is 9.70. The van der Waals surface area contributed by atoms with Crippen LogP contribution >= 0.6 is 0 Å². The minimum absolute atomic E-state index is 0.0571. The Hall–Kier alpha value is -2.16. The maximum Gasteiger partial charge on any atom is 0.169 e. The normalized spacial score (nSPS) is 24.2. The van der Waals surface area contributed by atoms with E-state index in [9.17, 15) is 9.59 Å². The van der Waals surface area contributed by atoms with E-state index in [1.165, 1.54) is 42.5 Å². The minimum Gasteiger partial charge on any atom is -0.385 e. The highest BCUT2D eigenvalue weighted by molar-refractivity contribution is 6.14. The Balaban J connectivity index is 0.00000124. The number of aryl methyl sites for hydroxylation is 1. The van der Waals surface area contributed by atoms with Crippen molar-refractivity contribution in [2.75, 3.05) is 0 Å². The van der Waals surface area contributed by atoms with Crippen LogP contribution in [-0.4, -0.2) is 17.6 Å². The summed E-state index contributed by atoms with van der Waals surface area (Å²) in [7, 11) is 0. The van der Waals surface area contributed by atoms with E-state index in [-0.39, 0.29) is 17.5 Å². The molecule has 0 aliphatic heterocycles. The number of hydrogen-bond acceptors (Lipinski definition) is 3. The topological polar surface area (TPSA) is 46.2 Å². The molecular formula is C27H37NO2. The Kier molecular flexibility index (Phi) is 7.69. The second kappa shape index (κ2) is 10.2. The molecule has 3 aliphatic carbocycles. The fraction of sp³-hybridized carbons (Fsp3) is 0.556. The fourth-order valence-electron chi connectivity index (χ4n) is 5.12. The average molecular weight is 408 g/mol. The summed E-state index contributed by atoms with van der Waals surface area (Å²) in [4.78, 5) is 25.8. The molecule has 0 heterocycles. The second-order valence-electron chi connectivity index (χ2n) is 8.72. The summed E-state index contributed by atoms with van der Waals surface area (Å²) in [6.07, 6.45) is 9.87. The van der Waals surface area contributed by atoms with Crippen molar-refractivity contribution in [2.45, 2.75) is 85.1 Å². The SMILES string of the molecule is CC.CCC1C(=O)CC2=C(C1=O)C(Cc1ccc(C)cc1)C(NC1CCCC1)=CC2. The van der Waals surface area contributed by atoms with E-state index in [1.807, 2.05) is 20.8 Å². The number of Topliss-reactive ketones (excluding diaryl/α,β-unsaturated/α-hetero) is 2. The van der Waals surface area contributed by atoms with Gasteiger partial charge in [-0.15, -0.1) is 0 Å². The van der Waals surface area contributed by atoms with Crippen molar-refractivity contribution in [3.8, 4) is 0 Å². The summed E-state index contributed by atoms with van der Waals surface area (Å²) in [5.74, 6) is -0.183. The van der Waals surface area contributed by atoms with Crippen molar-refractivity contribution in [3.63, 3.8) is 0 Å².